The van der Waals surface area contributed by atoms with Crippen LogP contribution in [0.25, 0.3) is 11.1 Å². The van der Waals surface area contributed by atoms with E-state index in [0.29, 0.717) is 18.7 Å². The molecular weight excluding hydrogens is 248 g/mol. The van der Waals surface area contributed by atoms with Crippen LogP contribution in [0.2, 0.25) is 0 Å². The fraction of sp³-hybridized carbons (Fsp3) is 0.385. The largest absolute Gasteiger partial charge is 0.463 e. The van der Waals surface area contributed by atoms with Crippen molar-refractivity contribution in [2.24, 2.45) is 0 Å². The van der Waals surface area contributed by atoms with Gasteiger partial charge in [-0.25, -0.2) is 4.79 Å². The number of hydrogen-bond acceptors (Lipinski definition) is 4. The molecule has 0 unspecified atom stereocenters. The Morgan fingerprint density at radius 3 is 2.74 bits per heavy atom. The summed E-state index contributed by atoms with van der Waals surface area (Å²) in [6.07, 6.45) is 1.53. The first-order valence-corrected chi connectivity index (χ1v) is 6.16. The number of esters is 1. The molecule has 102 valence electrons. The van der Waals surface area contributed by atoms with Gasteiger partial charge in [-0.05, 0) is 13.8 Å². The Bertz CT molecular complexity index is 552. The van der Waals surface area contributed by atoms with E-state index in [0.717, 1.165) is 5.52 Å². The number of H-pyrrole nitrogens is 1. The van der Waals surface area contributed by atoms with E-state index >= 15 is 0 Å². The zero-order chi connectivity index (χ0) is 13.8. The molecule has 0 spiro atoms. The summed E-state index contributed by atoms with van der Waals surface area (Å²) >= 11 is 0. The maximum atomic E-state index is 11.8. The lowest BCUT2D eigenvalue weighted by atomic mass is 10.4. The second-order valence-electron chi connectivity index (χ2n) is 4.02. The molecule has 0 bridgehead atoms. The van der Waals surface area contributed by atoms with Crippen molar-refractivity contribution < 1.29 is 18.7 Å². The second-order valence-corrected chi connectivity index (χ2v) is 4.02. The Hall–Kier alpha value is -2.24. The van der Waals surface area contributed by atoms with E-state index < -0.39 is 5.97 Å². The van der Waals surface area contributed by atoms with E-state index in [4.69, 9.17) is 9.15 Å². The van der Waals surface area contributed by atoms with Crippen molar-refractivity contribution in [3.63, 3.8) is 0 Å². The molecule has 0 aliphatic heterocycles. The van der Waals surface area contributed by atoms with E-state index in [1.54, 1.807) is 17.0 Å². The number of rotatable bonds is 5. The minimum absolute atomic E-state index is 0.200. The van der Waals surface area contributed by atoms with Gasteiger partial charge in [0.25, 0.3) is 5.91 Å². The third-order valence-electron chi connectivity index (χ3n) is 2.90. The minimum Gasteiger partial charge on any atom is -0.463 e. The first-order valence-electron chi connectivity index (χ1n) is 6.16. The topological polar surface area (TPSA) is 75.5 Å². The van der Waals surface area contributed by atoms with Gasteiger partial charge in [-0.1, -0.05) is 0 Å². The van der Waals surface area contributed by atoms with Crippen LogP contribution in [0.1, 0.15) is 24.3 Å². The van der Waals surface area contributed by atoms with Crippen LogP contribution < -0.4 is 0 Å². The third kappa shape index (κ3) is 2.78. The van der Waals surface area contributed by atoms with Gasteiger partial charge in [0.2, 0.25) is 0 Å². The molecule has 0 aliphatic rings. The number of aromatic nitrogens is 1. The summed E-state index contributed by atoms with van der Waals surface area (Å²) < 4.78 is 10.1. The Labute approximate surface area is 110 Å². The van der Waals surface area contributed by atoms with Crippen LogP contribution in [-0.2, 0) is 9.53 Å². The van der Waals surface area contributed by atoms with Crippen molar-refractivity contribution in [3.8, 4) is 0 Å². The molecule has 2 aromatic heterocycles. The van der Waals surface area contributed by atoms with E-state index in [1.165, 1.54) is 6.26 Å². The Morgan fingerprint density at radius 2 is 2.11 bits per heavy atom. The predicted octanol–water partition coefficient (Wildman–Crippen LogP) is 1.79. The number of carbonyl (C=O) groups excluding carboxylic acids is 2. The van der Waals surface area contributed by atoms with Crippen molar-refractivity contribution >= 4 is 23.0 Å². The molecule has 0 saturated carbocycles. The van der Waals surface area contributed by atoms with Crippen LogP contribution >= 0.6 is 0 Å². The summed E-state index contributed by atoms with van der Waals surface area (Å²) in [6, 6.07) is 3.27. The fourth-order valence-electron chi connectivity index (χ4n) is 1.83. The molecule has 2 heterocycles. The second kappa shape index (κ2) is 5.60. The molecule has 19 heavy (non-hydrogen) atoms. The van der Waals surface area contributed by atoms with Gasteiger partial charge in [0, 0.05) is 25.2 Å². The van der Waals surface area contributed by atoms with Crippen molar-refractivity contribution in [1.82, 2.24) is 9.88 Å². The Balaban J connectivity index is 1.94. The van der Waals surface area contributed by atoms with Gasteiger partial charge in [0.05, 0.1) is 11.8 Å². The number of furan rings is 1. The van der Waals surface area contributed by atoms with Gasteiger partial charge in [0.15, 0.2) is 12.2 Å². The van der Waals surface area contributed by atoms with Crippen LogP contribution in [0.4, 0.5) is 0 Å². The maximum absolute atomic E-state index is 11.8. The zero-order valence-corrected chi connectivity index (χ0v) is 10.9. The van der Waals surface area contributed by atoms with Crippen molar-refractivity contribution in [3.05, 3.63) is 24.1 Å². The van der Waals surface area contributed by atoms with Crippen molar-refractivity contribution in [1.29, 1.82) is 0 Å². The molecule has 1 amide bonds. The molecule has 0 saturated heterocycles. The molecule has 0 aromatic carbocycles. The highest BCUT2D eigenvalue weighted by Gasteiger charge is 2.16. The SMILES string of the molecule is CCN(CC)C(=O)COC(=O)c1cc2occc2[nH]1. The molecule has 2 rings (SSSR count). The number of ether oxygens (including phenoxy) is 1. The Morgan fingerprint density at radius 1 is 1.37 bits per heavy atom. The number of likely N-dealkylation sites (N-methyl/N-ethyl adjacent to an activating group) is 1. The van der Waals surface area contributed by atoms with Crippen molar-refractivity contribution in [2.75, 3.05) is 19.7 Å². The average Bonchev–Trinajstić information content (AvgIpc) is 2.98. The van der Waals surface area contributed by atoms with Crippen LogP contribution in [0, 0.1) is 0 Å². The van der Waals surface area contributed by atoms with Gasteiger partial charge < -0.3 is 19.0 Å². The molecule has 0 atom stereocenters. The predicted molar refractivity (Wildman–Crippen MR) is 68.8 cm³/mol. The normalized spacial score (nSPS) is 10.6. The lowest BCUT2D eigenvalue weighted by Crippen LogP contribution is -2.34. The Kier molecular flexibility index (Phi) is 3.89. The summed E-state index contributed by atoms with van der Waals surface area (Å²) in [6.45, 7) is 4.70. The van der Waals surface area contributed by atoms with E-state index in [1.807, 2.05) is 13.8 Å². The smallest absolute Gasteiger partial charge is 0.355 e. The lowest BCUT2D eigenvalue weighted by molar-refractivity contribution is -0.134. The number of nitrogens with zero attached hydrogens (tertiary/aromatic N) is 1. The van der Waals surface area contributed by atoms with Crippen LogP contribution in [0.15, 0.2) is 22.8 Å². The van der Waals surface area contributed by atoms with Gasteiger partial charge in [0.1, 0.15) is 5.69 Å². The number of aromatic amines is 1. The van der Waals surface area contributed by atoms with Crippen LogP contribution in [-0.4, -0.2) is 41.5 Å². The highest BCUT2D eigenvalue weighted by atomic mass is 16.5. The van der Waals surface area contributed by atoms with E-state index in [9.17, 15) is 9.59 Å². The molecule has 0 fully saturated rings. The van der Waals surface area contributed by atoms with Crippen molar-refractivity contribution in [2.45, 2.75) is 13.8 Å². The number of nitrogens with one attached hydrogen (secondary N) is 1. The quantitative estimate of drug-likeness (QED) is 0.835. The lowest BCUT2D eigenvalue weighted by Gasteiger charge is -2.17. The molecule has 1 N–H and O–H groups in total. The van der Waals surface area contributed by atoms with Gasteiger partial charge in [-0.3, -0.25) is 4.79 Å². The molecule has 0 aliphatic carbocycles. The highest BCUT2D eigenvalue weighted by Crippen LogP contribution is 2.16. The van der Waals surface area contributed by atoms with E-state index in [2.05, 4.69) is 4.98 Å². The number of carbonyl (C=O) groups is 2. The van der Waals surface area contributed by atoms with Crippen LogP contribution in [0.3, 0.4) is 0 Å². The summed E-state index contributed by atoms with van der Waals surface area (Å²) in [7, 11) is 0. The number of hydrogen-bond donors (Lipinski definition) is 1. The summed E-state index contributed by atoms with van der Waals surface area (Å²) in [5, 5.41) is 0. The fourth-order valence-corrected chi connectivity index (χ4v) is 1.83. The van der Waals surface area contributed by atoms with Gasteiger partial charge in [-0.15, -0.1) is 0 Å². The highest BCUT2D eigenvalue weighted by molar-refractivity contribution is 5.94. The number of fused-ring (bicyclic) bond motifs is 1. The monoisotopic (exact) mass is 264 g/mol. The summed E-state index contributed by atoms with van der Waals surface area (Å²) in [5.74, 6) is -0.763. The molecule has 2 aromatic rings. The third-order valence-corrected chi connectivity index (χ3v) is 2.90. The summed E-state index contributed by atoms with van der Waals surface area (Å²) in [5.41, 5.74) is 1.59. The molecule has 6 heteroatoms. The molecule has 0 radical (unpaired) electrons. The molecular formula is C13H16N2O4. The average molecular weight is 264 g/mol. The first-order chi connectivity index (χ1) is 9.15. The van der Waals surface area contributed by atoms with Gasteiger partial charge >= 0.3 is 5.97 Å². The molecule has 6 nitrogen and oxygen atoms in total. The maximum Gasteiger partial charge on any atom is 0.355 e. The minimum atomic E-state index is -0.563. The summed E-state index contributed by atoms with van der Waals surface area (Å²) in [4.78, 5) is 27.9. The zero-order valence-electron chi connectivity index (χ0n) is 10.9. The van der Waals surface area contributed by atoms with Gasteiger partial charge in [-0.2, -0.15) is 0 Å². The van der Waals surface area contributed by atoms with Crippen LogP contribution in [0.5, 0.6) is 0 Å². The standard InChI is InChI=1S/C13H16N2O4/c1-3-15(4-2)12(16)8-19-13(17)10-7-11-9(14-10)5-6-18-11/h5-7,14H,3-4,8H2,1-2H3. The van der Waals surface area contributed by atoms with E-state index in [-0.39, 0.29) is 18.2 Å². The number of amides is 1. The first kappa shape index (κ1) is 13.2.